The van der Waals surface area contributed by atoms with Gasteiger partial charge in [0.1, 0.15) is 11.5 Å². The molecule has 0 aliphatic carbocycles. The molecule has 12 nitrogen and oxygen atoms in total. The second-order valence-electron chi connectivity index (χ2n) is 14.1. The van der Waals surface area contributed by atoms with Crippen molar-refractivity contribution < 1.29 is 19.1 Å². The number of carbonyl (C=O) groups excluding carboxylic acids is 2. The predicted octanol–water partition coefficient (Wildman–Crippen LogP) is 8.51. The number of guanidine groups is 1. The maximum absolute atomic E-state index is 14.5. The van der Waals surface area contributed by atoms with Crippen molar-refractivity contribution in [1.82, 2.24) is 0 Å². The second kappa shape index (κ2) is 21.1. The second-order valence-corrected chi connectivity index (χ2v) is 16.5. The van der Waals surface area contributed by atoms with Crippen molar-refractivity contribution >= 4 is 70.4 Å². The van der Waals surface area contributed by atoms with Crippen molar-refractivity contribution in [2.75, 3.05) is 41.9 Å². The van der Waals surface area contributed by atoms with E-state index < -0.39 is 11.8 Å². The molecule has 2 amide bonds. The van der Waals surface area contributed by atoms with E-state index in [2.05, 4.69) is 62.2 Å². The average Bonchev–Trinajstić information content (AvgIpc) is 3.11. The van der Waals surface area contributed by atoms with Gasteiger partial charge in [-0.05, 0) is 78.3 Å². The molecule has 3 rings (SSSR count). The summed E-state index contributed by atoms with van der Waals surface area (Å²) >= 11 is 2.99. The van der Waals surface area contributed by atoms with Crippen LogP contribution in [0.3, 0.4) is 0 Å². The molecular weight excluding hydrogens is 733 g/mol. The number of rotatable bonds is 19. The maximum Gasteiger partial charge on any atom is 0.259 e. The summed E-state index contributed by atoms with van der Waals surface area (Å²) in [6, 6.07) is 11.0. The minimum absolute atomic E-state index is 0.102. The third kappa shape index (κ3) is 12.0. The van der Waals surface area contributed by atoms with Crippen LogP contribution in [0.25, 0.3) is 0 Å². The van der Waals surface area contributed by atoms with Gasteiger partial charge in [0.05, 0.1) is 63.2 Å². The number of anilines is 2. The summed E-state index contributed by atoms with van der Waals surface area (Å²) in [4.78, 5) is 39.2. The quantitative estimate of drug-likeness (QED) is 0.0388. The number of nitrogens with two attached hydrogens (primary N) is 4. The Hall–Kier alpha value is -4.40. The summed E-state index contributed by atoms with van der Waals surface area (Å²) in [5, 5.41) is 6.23. The first-order chi connectivity index (χ1) is 26.1. The fraction of sp³-hybridized carbons (Fsp3) is 0.463. The van der Waals surface area contributed by atoms with Gasteiger partial charge in [0.15, 0.2) is 5.96 Å². The van der Waals surface area contributed by atoms with Crippen molar-refractivity contribution in [3.05, 3.63) is 58.7 Å². The number of carbonyl (C=O) groups is 2. The summed E-state index contributed by atoms with van der Waals surface area (Å²) in [5.74, 6) is 1.26. The molecule has 0 radical (unpaired) electrons. The Morgan fingerprint density at radius 3 is 1.91 bits per heavy atom. The summed E-state index contributed by atoms with van der Waals surface area (Å²) in [7, 11) is 0. The van der Waals surface area contributed by atoms with Gasteiger partial charge in [-0.2, -0.15) is 0 Å². The van der Waals surface area contributed by atoms with Crippen LogP contribution in [0, 0.1) is 5.92 Å². The van der Waals surface area contributed by atoms with E-state index >= 15 is 0 Å². The smallest absolute Gasteiger partial charge is 0.259 e. The van der Waals surface area contributed by atoms with Crippen LogP contribution in [0.2, 0.25) is 0 Å². The third-order valence-corrected chi connectivity index (χ3v) is 11.1. The van der Waals surface area contributed by atoms with Crippen LogP contribution in [0.4, 0.5) is 22.7 Å². The summed E-state index contributed by atoms with van der Waals surface area (Å²) in [6.07, 6.45) is 3.32. The topological polar surface area (TPSA) is 205 Å². The molecule has 0 aromatic heterocycles. The highest BCUT2D eigenvalue weighted by Gasteiger charge is 2.26. The maximum atomic E-state index is 14.5. The number of benzene rings is 3. The minimum Gasteiger partial charge on any atom is -0.493 e. The summed E-state index contributed by atoms with van der Waals surface area (Å²) < 4.78 is 12.0. The summed E-state index contributed by atoms with van der Waals surface area (Å²) in [6.45, 7) is 19.4. The van der Waals surface area contributed by atoms with E-state index in [0.29, 0.717) is 45.9 Å². The molecule has 3 aromatic carbocycles. The number of nitrogens with one attached hydrogen (secondary N) is 2. The normalized spacial score (nSPS) is 12.6. The predicted molar refractivity (Wildman–Crippen MR) is 233 cm³/mol. The number of amides is 2. The molecular formula is C41H60N8O4S2. The molecule has 3 aromatic rings. The van der Waals surface area contributed by atoms with Gasteiger partial charge in [0.2, 0.25) is 0 Å². The highest BCUT2D eigenvalue weighted by atomic mass is 32.2. The van der Waals surface area contributed by atoms with Gasteiger partial charge >= 0.3 is 0 Å². The van der Waals surface area contributed by atoms with Crippen LogP contribution in [0.15, 0.2) is 56.2 Å². The van der Waals surface area contributed by atoms with E-state index in [9.17, 15) is 9.59 Å². The van der Waals surface area contributed by atoms with E-state index in [1.54, 1.807) is 17.8 Å². The Balaban J connectivity index is 2.25. The zero-order valence-electron chi connectivity index (χ0n) is 33.8. The van der Waals surface area contributed by atoms with E-state index in [4.69, 9.17) is 32.4 Å². The van der Waals surface area contributed by atoms with E-state index in [1.807, 2.05) is 45.0 Å². The first-order valence-electron chi connectivity index (χ1n) is 18.9. The van der Waals surface area contributed by atoms with Crippen LogP contribution < -0.4 is 43.0 Å². The van der Waals surface area contributed by atoms with Crippen LogP contribution in [-0.4, -0.2) is 55.4 Å². The minimum atomic E-state index is -0.492. The molecule has 2 atom stereocenters. The zero-order chi connectivity index (χ0) is 40.9. The molecule has 0 heterocycles. The van der Waals surface area contributed by atoms with Gasteiger partial charge in [0.25, 0.3) is 11.8 Å². The largest absolute Gasteiger partial charge is 0.493 e. The molecule has 55 heavy (non-hydrogen) atoms. The molecule has 0 fully saturated rings. The lowest BCUT2D eigenvalue weighted by molar-refractivity contribution is 0.102. The molecule has 2 unspecified atom stereocenters. The lowest BCUT2D eigenvalue weighted by Gasteiger charge is -2.24. The molecule has 10 N–H and O–H groups in total. The van der Waals surface area contributed by atoms with Crippen LogP contribution in [0.1, 0.15) is 113 Å². The van der Waals surface area contributed by atoms with Crippen molar-refractivity contribution in [2.45, 2.75) is 96.3 Å². The van der Waals surface area contributed by atoms with Crippen LogP contribution in [0.5, 0.6) is 11.5 Å². The van der Waals surface area contributed by atoms with Gasteiger partial charge in [-0.15, -0.1) is 23.5 Å². The van der Waals surface area contributed by atoms with Crippen molar-refractivity contribution in [3.63, 3.8) is 0 Å². The molecule has 0 saturated carbocycles. The standard InChI is InChI=1S/C41H60N8O4S2/c1-10-14-24(5)25(6)26-17-31(37(55-16-15-42)32(18-26)49-40(44)45)47-38(50)28-21-29(35(53-12-3)22-34(28)52-11-2)39(51)48-33-20-27(41(7,8)9)19-30(46-23-43)36(33)54-13-4/h17-25H,10-16,42H2,1-9H3,(H2,43,46)(H,47,50)(H,48,51)(H4,44,45,49). The first kappa shape index (κ1) is 45.0. The lowest BCUT2D eigenvalue weighted by atomic mass is 9.85. The first-order valence-corrected chi connectivity index (χ1v) is 20.8. The number of ether oxygens (including phenoxy) is 2. The summed E-state index contributed by atoms with van der Waals surface area (Å²) in [5.41, 5.74) is 27.7. The number of thioether (sulfide) groups is 2. The number of hydrogen-bond acceptors (Lipinski definition) is 9. The third-order valence-electron chi connectivity index (χ3n) is 8.93. The van der Waals surface area contributed by atoms with Crippen LogP contribution in [-0.2, 0) is 5.41 Å². The van der Waals surface area contributed by atoms with Crippen molar-refractivity contribution in [2.24, 2.45) is 38.8 Å². The van der Waals surface area contributed by atoms with E-state index in [-0.39, 0.29) is 53.1 Å². The molecule has 0 saturated heterocycles. The van der Waals surface area contributed by atoms with Crippen LogP contribution >= 0.6 is 23.5 Å². The molecule has 0 bridgehead atoms. The van der Waals surface area contributed by atoms with Crippen molar-refractivity contribution in [3.8, 4) is 11.5 Å². The molecule has 0 aliphatic rings. The fourth-order valence-corrected chi connectivity index (χ4v) is 7.67. The molecule has 0 aliphatic heterocycles. The Kier molecular flexibility index (Phi) is 17.2. The number of hydrogen-bond donors (Lipinski definition) is 6. The van der Waals surface area contributed by atoms with Gasteiger partial charge in [-0.3, -0.25) is 9.59 Å². The van der Waals surface area contributed by atoms with Crippen molar-refractivity contribution in [1.29, 1.82) is 0 Å². The molecule has 0 spiro atoms. The lowest BCUT2D eigenvalue weighted by Crippen LogP contribution is -2.22. The SMILES string of the molecule is CCCC(C)C(C)c1cc(N=C(N)N)c(SCCN)c(NC(=O)c2cc(C(=O)Nc3cc(C(C)(C)C)cc(N=CN)c3SCC)c(OCC)cc2OCC)c1. The highest BCUT2D eigenvalue weighted by Crippen LogP contribution is 2.43. The zero-order valence-corrected chi connectivity index (χ0v) is 35.4. The van der Waals surface area contributed by atoms with Gasteiger partial charge < -0.3 is 43.0 Å². The van der Waals surface area contributed by atoms with E-state index in [0.717, 1.165) is 34.6 Å². The fourth-order valence-electron chi connectivity index (χ4n) is 6.02. The van der Waals surface area contributed by atoms with E-state index in [1.165, 1.54) is 24.2 Å². The number of nitrogens with zero attached hydrogens (tertiary/aromatic N) is 2. The Bertz CT molecular complexity index is 1850. The van der Waals surface area contributed by atoms with Gasteiger partial charge in [-0.25, -0.2) is 9.98 Å². The molecule has 300 valence electrons. The Labute approximate surface area is 335 Å². The number of aliphatic imine (C=N–C) groups is 2. The monoisotopic (exact) mass is 792 g/mol. The van der Waals surface area contributed by atoms with Gasteiger partial charge in [0, 0.05) is 18.4 Å². The highest BCUT2D eigenvalue weighted by molar-refractivity contribution is 7.99. The Morgan fingerprint density at radius 1 is 0.836 bits per heavy atom. The molecule has 14 heteroatoms. The Morgan fingerprint density at radius 2 is 1.42 bits per heavy atom. The van der Waals surface area contributed by atoms with Gasteiger partial charge in [-0.1, -0.05) is 61.3 Å². The average molecular weight is 793 g/mol.